The molecule has 19 heavy (non-hydrogen) atoms. The topological polar surface area (TPSA) is 44.5 Å². The molecule has 0 spiro atoms. The normalized spacial score (nSPS) is 22.6. The maximum atomic E-state index is 13.2. The summed E-state index contributed by atoms with van der Waals surface area (Å²) >= 11 is 3.16. The molecular weight excluding hydrogens is 312 g/mol. The van der Waals surface area contributed by atoms with E-state index in [0.717, 1.165) is 5.56 Å². The molecule has 1 aromatic carbocycles. The van der Waals surface area contributed by atoms with Gasteiger partial charge in [0, 0.05) is 0 Å². The second-order valence-corrected chi connectivity index (χ2v) is 6.68. The lowest BCUT2D eigenvalue weighted by Crippen LogP contribution is -2.41. The smallest absolute Gasteiger partial charge is 0.402 e. The van der Waals surface area contributed by atoms with Crippen molar-refractivity contribution in [2.45, 2.75) is 44.8 Å². The number of hydrogen-bond acceptors (Lipinski definition) is 3. The predicted molar refractivity (Wildman–Crippen MR) is 77.1 cm³/mol. The average Bonchev–Trinajstić information content (AvgIpc) is 2.51. The van der Waals surface area contributed by atoms with E-state index in [2.05, 4.69) is 15.9 Å². The quantitative estimate of drug-likeness (QED) is 0.847. The zero-order valence-electron chi connectivity index (χ0n) is 11.5. The van der Waals surface area contributed by atoms with Crippen LogP contribution in [0.5, 0.6) is 0 Å². The molecule has 0 aromatic heterocycles. The van der Waals surface area contributed by atoms with E-state index in [-0.39, 0.29) is 5.82 Å². The fraction of sp³-hybridized carbons (Fsp3) is 0.538. The summed E-state index contributed by atoms with van der Waals surface area (Å²) in [6, 6.07) is 4.69. The molecule has 1 aromatic rings. The molecule has 1 heterocycles. The summed E-state index contributed by atoms with van der Waals surface area (Å²) in [5.74, 6) is -0.775. The largest absolute Gasteiger partial charge is 0.480 e. The number of rotatable bonds is 2. The Bertz CT molecular complexity index is 480. The molecule has 6 heteroatoms. The molecule has 0 saturated carbocycles. The third kappa shape index (κ3) is 2.72. The van der Waals surface area contributed by atoms with Gasteiger partial charge in [-0.05, 0) is 61.3 Å². The molecule has 1 aliphatic heterocycles. The lowest BCUT2D eigenvalue weighted by Gasteiger charge is -2.32. The minimum absolute atomic E-state index is 0.315. The van der Waals surface area contributed by atoms with Crippen LogP contribution in [-0.4, -0.2) is 18.3 Å². The van der Waals surface area contributed by atoms with Gasteiger partial charge < -0.3 is 15.0 Å². The average molecular weight is 330 g/mol. The summed E-state index contributed by atoms with van der Waals surface area (Å²) < 4.78 is 25.4. The van der Waals surface area contributed by atoms with Crippen LogP contribution < -0.4 is 5.73 Å². The predicted octanol–water partition coefficient (Wildman–Crippen LogP) is 3.22. The Labute approximate surface area is 121 Å². The van der Waals surface area contributed by atoms with E-state index >= 15 is 0 Å². The van der Waals surface area contributed by atoms with Gasteiger partial charge in [-0.3, -0.25) is 0 Å². The molecule has 0 bridgehead atoms. The van der Waals surface area contributed by atoms with E-state index < -0.39 is 24.3 Å². The highest BCUT2D eigenvalue weighted by atomic mass is 79.9. The van der Waals surface area contributed by atoms with Crippen LogP contribution in [0.1, 0.15) is 39.2 Å². The molecule has 2 rings (SSSR count). The molecule has 2 N–H and O–H groups in total. The highest BCUT2D eigenvalue weighted by molar-refractivity contribution is 9.10. The van der Waals surface area contributed by atoms with E-state index in [9.17, 15) is 4.39 Å². The maximum Gasteiger partial charge on any atom is 0.480 e. The molecule has 0 unspecified atom stereocenters. The van der Waals surface area contributed by atoms with Gasteiger partial charge in [0.1, 0.15) is 5.82 Å². The number of benzene rings is 1. The SMILES string of the molecule is CC1(C)OB([C@@H](N)c2ccc(F)c(Br)c2)OC1(C)C. The van der Waals surface area contributed by atoms with E-state index in [1.54, 1.807) is 12.1 Å². The minimum Gasteiger partial charge on any atom is -0.402 e. The van der Waals surface area contributed by atoms with Crippen LogP contribution in [-0.2, 0) is 9.31 Å². The zero-order chi connectivity index (χ0) is 14.4. The van der Waals surface area contributed by atoms with Gasteiger partial charge in [-0.2, -0.15) is 0 Å². The Kier molecular flexibility index (Phi) is 3.82. The second kappa shape index (κ2) is 4.84. The Hall–Kier alpha value is -0.425. The Balaban J connectivity index is 2.22. The van der Waals surface area contributed by atoms with Crippen molar-refractivity contribution in [2.24, 2.45) is 5.73 Å². The first-order chi connectivity index (χ1) is 8.64. The van der Waals surface area contributed by atoms with Gasteiger partial charge >= 0.3 is 7.12 Å². The molecule has 1 atom stereocenters. The molecule has 1 saturated heterocycles. The van der Waals surface area contributed by atoms with Gasteiger partial charge in [0.25, 0.3) is 0 Å². The minimum atomic E-state index is -0.539. The standard InChI is InChI=1S/C13H18BBrFNO2/c1-12(2)13(3,4)19-14(18-12)11(17)8-5-6-10(16)9(15)7-8/h5-7,11H,17H2,1-4H3/t11-/m0/s1. The van der Waals surface area contributed by atoms with Crippen molar-refractivity contribution >= 4 is 23.0 Å². The van der Waals surface area contributed by atoms with Gasteiger partial charge in [-0.25, -0.2) is 4.39 Å². The van der Waals surface area contributed by atoms with Crippen LogP contribution in [0.4, 0.5) is 4.39 Å². The van der Waals surface area contributed by atoms with Crippen molar-refractivity contribution in [3.05, 3.63) is 34.1 Å². The van der Waals surface area contributed by atoms with Gasteiger partial charge in [-0.15, -0.1) is 0 Å². The summed E-state index contributed by atoms with van der Waals surface area (Å²) in [6.07, 6.45) is 0. The first-order valence-electron chi connectivity index (χ1n) is 6.20. The van der Waals surface area contributed by atoms with E-state index in [1.165, 1.54) is 6.07 Å². The summed E-state index contributed by atoms with van der Waals surface area (Å²) in [7, 11) is -0.539. The van der Waals surface area contributed by atoms with Gasteiger partial charge in [0.05, 0.1) is 21.6 Å². The zero-order valence-corrected chi connectivity index (χ0v) is 13.1. The van der Waals surface area contributed by atoms with Crippen molar-refractivity contribution in [3.63, 3.8) is 0 Å². The van der Waals surface area contributed by atoms with Crippen LogP contribution in [0.3, 0.4) is 0 Å². The third-order valence-corrected chi connectivity index (χ3v) is 4.50. The maximum absolute atomic E-state index is 13.2. The summed E-state index contributed by atoms with van der Waals surface area (Å²) in [5.41, 5.74) is 6.09. The summed E-state index contributed by atoms with van der Waals surface area (Å²) in [4.78, 5) is 0. The highest BCUT2D eigenvalue weighted by Gasteiger charge is 2.53. The van der Waals surface area contributed by atoms with Crippen molar-refractivity contribution in [1.82, 2.24) is 0 Å². The molecule has 104 valence electrons. The highest BCUT2D eigenvalue weighted by Crippen LogP contribution is 2.39. The lowest BCUT2D eigenvalue weighted by atomic mass is 9.75. The first kappa shape index (κ1) is 15.0. The van der Waals surface area contributed by atoms with Crippen molar-refractivity contribution < 1.29 is 13.7 Å². The van der Waals surface area contributed by atoms with Gasteiger partial charge in [0.2, 0.25) is 0 Å². The van der Waals surface area contributed by atoms with Crippen molar-refractivity contribution in [2.75, 3.05) is 0 Å². The number of nitrogens with two attached hydrogens (primary N) is 1. The molecule has 1 aliphatic rings. The monoisotopic (exact) mass is 329 g/mol. The van der Waals surface area contributed by atoms with Crippen LogP contribution >= 0.6 is 15.9 Å². The van der Waals surface area contributed by atoms with Crippen LogP contribution in [0.25, 0.3) is 0 Å². The number of hydrogen-bond donors (Lipinski definition) is 1. The fourth-order valence-corrected chi connectivity index (χ4v) is 2.31. The molecule has 0 aliphatic carbocycles. The van der Waals surface area contributed by atoms with Crippen molar-refractivity contribution in [1.29, 1.82) is 0 Å². The van der Waals surface area contributed by atoms with Gasteiger partial charge in [0.15, 0.2) is 0 Å². The van der Waals surface area contributed by atoms with Gasteiger partial charge in [-0.1, -0.05) is 6.07 Å². The Morgan fingerprint density at radius 2 is 1.74 bits per heavy atom. The number of halogens is 2. The van der Waals surface area contributed by atoms with Crippen molar-refractivity contribution in [3.8, 4) is 0 Å². The summed E-state index contributed by atoms with van der Waals surface area (Å²) in [5, 5.41) is 0. The molecule has 0 amide bonds. The van der Waals surface area contributed by atoms with E-state index in [1.807, 2.05) is 27.7 Å². The van der Waals surface area contributed by atoms with Crippen LogP contribution in [0.15, 0.2) is 22.7 Å². The van der Waals surface area contributed by atoms with Crippen LogP contribution in [0.2, 0.25) is 0 Å². The van der Waals surface area contributed by atoms with Crippen LogP contribution in [0, 0.1) is 5.82 Å². The molecular formula is C13H18BBrFNO2. The van der Waals surface area contributed by atoms with E-state index in [4.69, 9.17) is 15.0 Å². The molecule has 0 radical (unpaired) electrons. The second-order valence-electron chi connectivity index (χ2n) is 5.82. The van der Waals surface area contributed by atoms with E-state index in [0.29, 0.717) is 4.47 Å². The third-order valence-electron chi connectivity index (χ3n) is 3.89. The Morgan fingerprint density at radius 3 is 2.21 bits per heavy atom. The summed E-state index contributed by atoms with van der Waals surface area (Å²) in [6.45, 7) is 7.89. The lowest BCUT2D eigenvalue weighted by molar-refractivity contribution is 0.00578. The molecule has 3 nitrogen and oxygen atoms in total. The first-order valence-corrected chi connectivity index (χ1v) is 6.99. The Morgan fingerprint density at radius 1 is 1.21 bits per heavy atom. The fourth-order valence-electron chi connectivity index (χ4n) is 1.91. The molecule has 1 fully saturated rings.